The Hall–Kier alpha value is -4.02. The number of aryl methyl sites for hydroxylation is 1. The van der Waals surface area contributed by atoms with Gasteiger partial charge in [-0.1, -0.05) is 12.1 Å². The molecule has 0 saturated heterocycles. The number of anilines is 4. The molecule has 1 amide bonds. The van der Waals surface area contributed by atoms with Crippen LogP contribution in [0.3, 0.4) is 0 Å². The number of nitrogens with one attached hydrogen (secondary N) is 1. The van der Waals surface area contributed by atoms with Crippen molar-refractivity contribution >= 4 is 39.4 Å². The number of thiazole rings is 1. The number of carbonyl (C=O) groups is 1. The van der Waals surface area contributed by atoms with Crippen molar-refractivity contribution < 1.29 is 4.79 Å². The van der Waals surface area contributed by atoms with Gasteiger partial charge in [-0.2, -0.15) is 5.26 Å². The van der Waals surface area contributed by atoms with Crippen LogP contribution in [0.4, 0.5) is 22.2 Å². The first-order chi connectivity index (χ1) is 14.7. The zero-order valence-corrected chi connectivity index (χ0v) is 16.9. The molecule has 2 heterocycles. The van der Waals surface area contributed by atoms with E-state index in [-0.39, 0.29) is 5.91 Å². The summed E-state index contributed by atoms with van der Waals surface area (Å²) in [5.74, 6) is -0.274. The van der Waals surface area contributed by atoms with Crippen molar-refractivity contribution in [3.63, 3.8) is 0 Å². The summed E-state index contributed by atoms with van der Waals surface area (Å²) in [5.41, 5.74) is 4.31. The smallest absolute Gasteiger partial charge is 0.255 e. The Morgan fingerprint density at radius 2 is 2.03 bits per heavy atom. The molecule has 7 heteroatoms. The van der Waals surface area contributed by atoms with Crippen LogP contribution in [0.15, 0.2) is 78.6 Å². The summed E-state index contributed by atoms with van der Waals surface area (Å²) in [6, 6.07) is 18.2. The summed E-state index contributed by atoms with van der Waals surface area (Å²) in [5, 5.41) is 14.7. The van der Waals surface area contributed by atoms with Crippen LogP contribution in [0.5, 0.6) is 0 Å². The number of nitriles is 1. The number of nitrogens with zero attached hydrogens (tertiary/aromatic N) is 4. The van der Waals surface area contributed by atoms with E-state index < -0.39 is 0 Å². The Bertz CT molecular complexity index is 1220. The lowest BCUT2D eigenvalue weighted by Gasteiger charge is -2.24. The minimum absolute atomic E-state index is 0.274. The topological polar surface area (TPSA) is 81.9 Å². The van der Waals surface area contributed by atoms with Crippen LogP contribution in [0.1, 0.15) is 21.5 Å². The molecule has 30 heavy (non-hydrogen) atoms. The van der Waals surface area contributed by atoms with Crippen LogP contribution >= 0.6 is 11.3 Å². The fourth-order valence-electron chi connectivity index (χ4n) is 3.03. The third-order valence-electron chi connectivity index (χ3n) is 4.48. The van der Waals surface area contributed by atoms with E-state index in [2.05, 4.69) is 21.4 Å². The third kappa shape index (κ3) is 4.04. The second kappa shape index (κ2) is 8.55. The molecule has 1 N–H and O–H groups in total. The van der Waals surface area contributed by atoms with Gasteiger partial charge in [-0.25, -0.2) is 4.98 Å². The average Bonchev–Trinajstić information content (AvgIpc) is 3.31. The molecule has 146 valence electrons. The van der Waals surface area contributed by atoms with Crippen LogP contribution in [0.2, 0.25) is 0 Å². The Balaban J connectivity index is 1.70. The number of amides is 1. The summed E-state index contributed by atoms with van der Waals surface area (Å²) in [7, 11) is 0. The average molecular weight is 411 g/mol. The van der Waals surface area contributed by atoms with Gasteiger partial charge in [0.15, 0.2) is 5.13 Å². The van der Waals surface area contributed by atoms with Crippen molar-refractivity contribution in [2.75, 3.05) is 10.2 Å². The largest absolute Gasteiger partial charge is 0.322 e. The molecule has 0 radical (unpaired) electrons. The molecule has 0 bridgehead atoms. The second-order valence-corrected chi connectivity index (χ2v) is 7.38. The van der Waals surface area contributed by atoms with E-state index in [4.69, 9.17) is 5.26 Å². The minimum atomic E-state index is -0.274. The van der Waals surface area contributed by atoms with E-state index >= 15 is 0 Å². The number of hydrogen-bond donors (Lipinski definition) is 1. The molecular formula is C23H17N5OS. The van der Waals surface area contributed by atoms with Crippen molar-refractivity contribution in [1.82, 2.24) is 9.97 Å². The summed E-state index contributed by atoms with van der Waals surface area (Å²) in [6.07, 6.45) is 5.26. The number of pyridine rings is 1. The van der Waals surface area contributed by atoms with Crippen molar-refractivity contribution in [1.29, 1.82) is 5.26 Å². The second-order valence-electron chi connectivity index (χ2n) is 6.51. The molecule has 6 nitrogen and oxygen atoms in total. The van der Waals surface area contributed by atoms with Gasteiger partial charge in [-0.15, -0.1) is 11.3 Å². The molecule has 0 spiro atoms. The number of hydrogen-bond acceptors (Lipinski definition) is 6. The lowest BCUT2D eigenvalue weighted by molar-refractivity contribution is 0.102. The van der Waals surface area contributed by atoms with Gasteiger partial charge in [-0.3, -0.25) is 14.7 Å². The SMILES string of the molecule is Cc1ccc(NC(=O)c2cccc(C#N)c2)cc1N(c1cccnc1)c1nccs1. The molecule has 4 aromatic rings. The minimum Gasteiger partial charge on any atom is -0.322 e. The van der Waals surface area contributed by atoms with Crippen molar-refractivity contribution in [2.45, 2.75) is 6.92 Å². The van der Waals surface area contributed by atoms with Crippen molar-refractivity contribution in [3.05, 3.63) is 95.3 Å². The summed E-state index contributed by atoms with van der Waals surface area (Å²) < 4.78 is 0. The molecule has 0 aliphatic carbocycles. The first kappa shape index (κ1) is 19.3. The molecule has 0 fully saturated rings. The normalized spacial score (nSPS) is 10.3. The van der Waals surface area contributed by atoms with E-state index in [1.165, 1.54) is 11.3 Å². The Morgan fingerprint density at radius 1 is 1.13 bits per heavy atom. The summed E-state index contributed by atoms with van der Waals surface area (Å²) in [4.78, 5) is 23.4. The third-order valence-corrected chi connectivity index (χ3v) is 5.23. The maximum Gasteiger partial charge on any atom is 0.255 e. The maximum absolute atomic E-state index is 12.7. The number of aromatic nitrogens is 2. The van der Waals surface area contributed by atoms with Crippen LogP contribution < -0.4 is 10.2 Å². The predicted octanol–water partition coefficient (Wildman–Crippen LogP) is 5.44. The van der Waals surface area contributed by atoms with Crippen molar-refractivity contribution in [2.24, 2.45) is 0 Å². The van der Waals surface area contributed by atoms with Crippen LogP contribution in [0.25, 0.3) is 0 Å². The maximum atomic E-state index is 12.7. The molecule has 0 unspecified atom stereocenters. The zero-order chi connectivity index (χ0) is 20.9. The Kier molecular flexibility index (Phi) is 5.50. The highest BCUT2D eigenvalue weighted by molar-refractivity contribution is 7.13. The van der Waals surface area contributed by atoms with Crippen LogP contribution in [0, 0.1) is 18.3 Å². The Morgan fingerprint density at radius 3 is 2.77 bits per heavy atom. The molecule has 0 aliphatic rings. The zero-order valence-electron chi connectivity index (χ0n) is 16.1. The highest BCUT2D eigenvalue weighted by Gasteiger charge is 2.18. The standard InChI is InChI=1S/C23H17N5OS/c1-16-7-8-19(27-22(29)18-5-2-4-17(12-18)14-24)13-21(16)28(23-26-10-11-30-23)20-6-3-9-25-15-20/h2-13,15H,1H3,(H,27,29). The molecule has 0 aliphatic heterocycles. The first-order valence-corrected chi connectivity index (χ1v) is 10.1. The first-order valence-electron chi connectivity index (χ1n) is 9.17. The molecule has 0 atom stereocenters. The molecule has 4 rings (SSSR count). The van der Waals surface area contributed by atoms with E-state index in [1.54, 1.807) is 42.9 Å². The fourth-order valence-corrected chi connectivity index (χ4v) is 3.70. The lowest BCUT2D eigenvalue weighted by atomic mass is 10.1. The molecule has 2 aromatic heterocycles. The van der Waals surface area contributed by atoms with E-state index in [0.29, 0.717) is 16.8 Å². The predicted molar refractivity (Wildman–Crippen MR) is 118 cm³/mol. The van der Waals surface area contributed by atoms with E-state index in [9.17, 15) is 4.79 Å². The van der Waals surface area contributed by atoms with Gasteiger partial charge in [0.25, 0.3) is 5.91 Å². The number of benzene rings is 2. The van der Waals surface area contributed by atoms with Crippen LogP contribution in [-0.4, -0.2) is 15.9 Å². The fraction of sp³-hybridized carbons (Fsp3) is 0.0435. The highest BCUT2D eigenvalue weighted by Crippen LogP contribution is 2.38. The Labute approximate surface area is 178 Å². The summed E-state index contributed by atoms with van der Waals surface area (Å²) in [6.45, 7) is 2.01. The molecule has 2 aromatic carbocycles. The number of carbonyl (C=O) groups excluding carboxylic acids is 1. The van der Waals surface area contributed by atoms with Crippen LogP contribution in [-0.2, 0) is 0 Å². The van der Waals surface area contributed by atoms with Gasteiger partial charge in [0.2, 0.25) is 0 Å². The number of rotatable bonds is 5. The quantitative estimate of drug-likeness (QED) is 0.473. The molecular weight excluding hydrogens is 394 g/mol. The van der Waals surface area contributed by atoms with Gasteiger partial charge in [-0.05, 0) is 55.0 Å². The highest BCUT2D eigenvalue weighted by atomic mass is 32.1. The van der Waals surface area contributed by atoms with Gasteiger partial charge in [0.1, 0.15) is 0 Å². The summed E-state index contributed by atoms with van der Waals surface area (Å²) >= 11 is 1.52. The van der Waals surface area contributed by atoms with Gasteiger partial charge < -0.3 is 5.32 Å². The van der Waals surface area contributed by atoms with Crippen molar-refractivity contribution in [3.8, 4) is 6.07 Å². The van der Waals surface area contributed by atoms with Gasteiger partial charge in [0.05, 0.1) is 29.2 Å². The van der Waals surface area contributed by atoms with E-state index in [0.717, 1.165) is 22.1 Å². The van der Waals surface area contributed by atoms with Gasteiger partial charge >= 0.3 is 0 Å². The lowest BCUT2D eigenvalue weighted by Crippen LogP contribution is -2.14. The monoisotopic (exact) mass is 411 g/mol. The van der Waals surface area contributed by atoms with Gasteiger partial charge in [0, 0.05) is 29.0 Å². The molecule has 0 saturated carbocycles. The van der Waals surface area contributed by atoms with E-state index in [1.807, 2.05) is 47.5 Å².